The highest BCUT2D eigenvalue weighted by Crippen LogP contribution is 2.41. The van der Waals surface area contributed by atoms with Gasteiger partial charge in [-0.15, -0.1) is 0 Å². The number of urea groups is 1. The van der Waals surface area contributed by atoms with E-state index in [1.165, 1.54) is 21.9 Å². The van der Waals surface area contributed by atoms with Crippen LogP contribution in [0.25, 0.3) is 0 Å². The van der Waals surface area contributed by atoms with Gasteiger partial charge in [0.05, 0.1) is 11.1 Å². The molecule has 0 aromatic heterocycles. The lowest BCUT2D eigenvalue weighted by Gasteiger charge is -2.42. The van der Waals surface area contributed by atoms with Crippen molar-refractivity contribution in [1.29, 1.82) is 0 Å². The van der Waals surface area contributed by atoms with Crippen LogP contribution in [0.3, 0.4) is 0 Å². The predicted octanol–water partition coefficient (Wildman–Crippen LogP) is 5.48. The molecule has 7 nitrogen and oxygen atoms in total. The molecule has 1 N–H and O–H groups in total. The maximum Gasteiger partial charge on any atom is 0.324 e. The topological polar surface area (TPSA) is 81.2 Å². The molecular formula is C29H32F3N3O4. The van der Waals surface area contributed by atoms with Crippen LogP contribution >= 0.6 is 0 Å². The Morgan fingerprint density at radius 2 is 1.72 bits per heavy atom. The van der Waals surface area contributed by atoms with Crippen LogP contribution in [0, 0.1) is 11.2 Å². The number of alkyl halides is 2. The number of hydrogen-bond acceptors (Lipinski definition) is 3. The van der Waals surface area contributed by atoms with E-state index >= 15 is 0 Å². The van der Waals surface area contributed by atoms with Crippen LogP contribution in [0.1, 0.15) is 50.5 Å². The summed E-state index contributed by atoms with van der Waals surface area (Å²) in [5, 5.41) is 10.2. The maximum absolute atomic E-state index is 14.3. The van der Waals surface area contributed by atoms with Crippen molar-refractivity contribution in [2.24, 2.45) is 5.41 Å². The first-order valence-corrected chi connectivity index (χ1v) is 13.4. The SMILES string of the molecule is O=C(N1CCC(CC(=O)N(c2ccccc2)[C@H]2CCCC(F)(F)C2)(C(=O)O)CC1)N1CCc2ccc(F)cc21. The number of nitrogens with zero attached hydrogens (tertiary/aromatic N) is 3. The summed E-state index contributed by atoms with van der Waals surface area (Å²) in [7, 11) is 0. The quantitative estimate of drug-likeness (QED) is 0.542. The van der Waals surface area contributed by atoms with Gasteiger partial charge in [-0.1, -0.05) is 24.3 Å². The largest absolute Gasteiger partial charge is 0.481 e. The average molecular weight is 544 g/mol. The number of carbonyl (C=O) groups is 3. The smallest absolute Gasteiger partial charge is 0.324 e. The van der Waals surface area contributed by atoms with Crippen LogP contribution in [0.4, 0.5) is 29.3 Å². The van der Waals surface area contributed by atoms with Crippen LogP contribution < -0.4 is 9.80 Å². The van der Waals surface area contributed by atoms with Crippen molar-refractivity contribution < 1.29 is 32.7 Å². The van der Waals surface area contributed by atoms with Crippen molar-refractivity contribution in [2.45, 2.75) is 63.3 Å². The zero-order valence-corrected chi connectivity index (χ0v) is 21.6. The number of likely N-dealkylation sites (tertiary alicyclic amines) is 1. The lowest BCUT2D eigenvalue weighted by Crippen LogP contribution is -2.53. The molecule has 3 amide bonds. The second kappa shape index (κ2) is 10.5. The fraction of sp³-hybridized carbons (Fsp3) is 0.483. The van der Waals surface area contributed by atoms with Crippen LogP contribution in [0.2, 0.25) is 0 Å². The van der Waals surface area contributed by atoms with Crippen LogP contribution in [0.15, 0.2) is 48.5 Å². The Kier molecular flexibility index (Phi) is 7.31. The molecule has 0 bridgehead atoms. The molecule has 1 atom stereocenters. The molecule has 1 saturated heterocycles. The molecule has 0 unspecified atom stereocenters. The van der Waals surface area contributed by atoms with Crippen LogP contribution in [-0.2, 0) is 16.0 Å². The third kappa shape index (κ3) is 5.46. The van der Waals surface area contributed by atoms with Crippen molar-refractivity contribution in [3.05, 3.63) is 59.9 Å². The second-order valence-electron chi connectivity index (χ2n) is 10.9. The fourth-order valence-corrected chi connectivity index (χ4v) is 6.20. The molecule has 10 heteroatoms. The lowest BCUT2D eigenvalue weighted by atomic mass is 9.75. The van der Waals surface area contributed by atoms with E-state index in [0.717, 1.165) is 5.56 Å². The van der Waals surface area contributed by atoms with Gasteiger partial charge in [0.15, 0.2) is 0 Å². The van der Waals surface area contributed by atoms with Gasteiger partial charge in [0, 0.05) is 50.6 Å². The van der Waals surface area contributed by atoms with Gasteiger partial charge in [0.1, 0.15) is 5.82 Å². The zero-order chi connectivity index (χ0) is 27.8. The number of hydrogen-bond donors (Lipinski definition) is 1. The molecule has 39 heavy (non-hydrogen) atoms. The highest BCUT2D eigenvalue weighted by atomic mass is 19.3. The summed E-state index contributed by atoms with van der Waals surface area (Å²) in [6.07, 6.45) is 0.359. The first-order chi connectivity index (χ1) is 18.6. The number of carboxylic acid groups (broad SMARTS) is 1. The molecule has 2 aromatic carbocycles. The first kappa shape index (κ1) is 27.0. The second-order valence-corrected chi connectivity index (χ2v) is 10.9. The number of carboxylic acids is 1. The number of piperidine rings is 1. The molecule has 0 radical (unpaired) electrons. The summed E-state index contributed by atoms with van der Waals surface area (Å²) in [5.41, 5.74) is 0.445. The highest BCUT2D eigenvalue weighted by molar-refractivity contribution is 5.97. The van der Waals surface area contributed by atoms with Crippen molar-refractivity contribution >= 4 is 29.3 Å². The molecule has 1 saturated carbocycles. The Morgan fingerprint density at radius 3 is 2.38 bits per heavy atom. The third-order valence-electron chi connectivity index (χ3n) is 8.39. The summed E-state index contributed by atoms with van der Waals surface area (Å²) in [6, 6.07) is 11.9. The van der Waals surface area contributed by atoms with Gasteiger partial charge in [0.25, 0.3) is 0 Å². The summed E-state index contributed by atoms with van der Waals surface area (Å²) >= 11 is 0. The number of amides is 3. The van der Waals surface area contributed by atoms with E-state index in [1.807, 2.05) is 0 Å². The first-order valence-electron chi connectivity index (χ1n) is 13.4. The van der Waals surface area contributed by atoms with E-state index in [2.05, 4.69) is 0 Å². The third-order valence-corrected chi connectivity index (χ3v) is 8.39. The van der Waals surface area contributed by atoms with Gasteiger partial charge in [-0.3, -0.25) is 14.5 Å². The molecule has 3 aliphatic rings. The molecule has 208 valence electrons. The molecule has 1 aliphatic carbocycles. The van der Waals surface area contributed by atoms with E-state index in [9.17, 15) is 32.7 Å². The highest BCUT2D eigenvalue weighted by Gasteiger charge is 2.47. The van der Waals surface area contributed by atoms with Crippen molar-refractivity contribution in [3.63, 3.8) is 0 Å². The number of rotatable bonds is 5. The molecule has 0 spiro atoms. The Labute approximate surface area is 225 Å². The van der Waals surface area contributed by atoms with E-state index in [-0.39, 0.29) is 51.2 Å². The Bertz CT molecular complexity index is 1250. The average Bonchev–Trinajstić information content (AvgIpc) is 3.32. The van der Waals surface area contributed by atoms with E-state index in [1.54, 1.807) is 41.3 Å². The number of anilines is 2. The normalized spacial score (nSPS) is 21.8. The Hall–Kier alpha value is -3.56. The molecular weight excluding hydrogens is 511 g/mol. The van der Waals surface area contributed by atoms with E-state index in [0.29, 0.717) is 30.8 Å². The van der Waals surface area contributed by atoms with Gasteiger partial charge >= 0.3 is 12.0 Å². The summed E-state index contributed by atoms with van der Waals surface area (Å²) in [4.78, 5) is 44.0. The standard InChI is InChI=1S/C29H32F3N3O4/c30-21-9-8-20-10-14-34(24(20)17-21)27(39)33-15-12-28(13-16-33,26(37)38)19-25(36)35(22-5-2-1-3-6-22)23-7-4-11-29(31,32)18-23/h1-3,5-6,8-9,17,23H,4,7,10-16,18-19H2,(H,37,38)/t23-/m0/s1. The van der Waals surface area contributed by atoms with Gasteiger partial charge in [0.2, 0.25) is 11.8 Å². The van der Waals surface area contributed by atoms with Crippen molar-refractivity contribution in [2.75, 3.05) is 29.4 Å². The number of carbonyl (C=O) groups excluding carboxylic acids is 2. The molecule has 2 aromatic rings. The Balaban J connectivity index is 1.32. The van der Waals surface area contributed by atoms with E-state index < -0.39 is 41.5 Å². The minimum absolute atomic E-state index is 0.0487. The minimum atomic E-state index is -2.89. The van der Waals surface area contributed by atoms with Gasteiger partial charge in [-0.2, -0.15) is 0 Å². The van der Waals surface area contributed by atoms with Gasteiger partial charge in [-0.05, 0) is 61.9 Å². The number of para-hydroxylation sites is 1. The van der Waals surface area contributed by atoms with Gasteiger partial charge in [-0.25, -0.2) is 18.0 Å². The summed E-state index contributed by atoms with van der Waals surface area (Å²) in [5.74, 6) is -4.97. The van der Waals surface area contributed by atoms with Crippen LogP contribution in [-0.4, -0.2) is 59.5 Å². The summed E-state index contributed by atoms with van der Waals surface area (Å²) in [6.45, 7) is 0.646. The predicted molar refractivity (Wildman–Crippen MR) is 139 cm³/mol. The number of fused-ring (bicyclic) bond motifs is 1. The fourth-order valence-electron chi connectivity index (χ4n) is 6.20. The minimum Gasteiger partial charge on any atom is -0.481 e. The molecule has 5 rings (SSSR count). The summed E-state index contributed by atoms with van der Waals surface area (Å²) < 4.78 is 42.5. The van der Waals surface area contributed by atoms with Crippen LogP contribution in [0.5, 0.6) is 0 Å². The van der Waals surface area contributed by atoms with Gasteiger partial charge < -0.3 is 14.9 Å². The lowest BCUT2D eigenvalue weighted by molar-refractivity contribution is -0.154. The number of benzene rings is 2. The number of aliphatic carboxylic acids is 1. The Morgan fingerprint density at radius 1 is 1.00 bits per heavy atom. The zero-order valence-electron chi connectivity index (χ0n) is 21.6. The monoisotopic (exact) mass is 543 g/mol. The molecule has 2 fully saturated rings. The number of halogens is 3. The van der Waals surface area contributed by atoms with Crippen molar-refractivity contribution in [3.8, 4) is 0 Å². The van der Waals surface area contributed by atoms with E-state index in [4.69, 9.17) is 0 Å². The molecule has 2 aliphatic heterocycles. The molecule has 2 heterocycles. The maximum atomic E-state index is 14.3. The van der Waals surface area contributed by atoms with Crippen molar-refractivity contribution in [1.82, 2.24) is 4.90 Å².